The standard InChI is InChI=1S/C17H13Cl2N5O3/c1-2-24-17(27)11-6-4-3-5-10(11)13(23-24)16(26)22-21-15(25)9-7-12(18)14(19)20-8-9/h3-8H,2H2,1H3,(H,21,25)(H,22,26). The number of halogens is 2. The minimum Gasteiger partial charge on any atom is -0.267 e. The van der Waals surface area contributed by atoms with Crippen molar-refractivity contribution in [1.29, 1.82) is 0 Å². The molecule has 1 aromatic carbocycles. The van der Waals surface area contributed by atoms with Gasteiger partial charge in [-0.15, -0.1) is 0 Å². The summed E-state index contributed by atoms with van der Waals surface area (Å²) in [6.07, 6.45) is 1.22. The fraction of sp³-hybridized carbons (Fsp3) is 0.118. The number of amides is 2. The molecule has 27 heavy (non-hydrogen) atoms. The Hall–Kier alpha value is -2.97. The number of hydrogen-bond donors (Lipinski definition) is 2. The van der Waals surface area contributed by atoms with Crippen LogP contribution in [0.3, 0.4) is 0 Å². The van der Waals surface area contributed by atoms with Gasteiger partial charge in [0.05, 0.1) is 16.0 Å². The third-order valence-electron chi connectivity index (χ3n) is 3.73. The molecule has 2 heterocycles. The zero-order valence-corrected chi connectivity index (χ0v) is 15.5. The van der Waals surface area contributed by atoms with Gasteiger partial charge in [-0.25, -0.2) is 9.67 Å². The number of carbonyl (C=O) groups is 2. The van der Waals surface area contributed by atoms with Crippen LogP contribution >= 0.6 is 23.2 Å². The van der Waals surface area contributed by atoms with Gasteiger partial charge in [0.15, 0.2) is 5.69 Å². The monoisotopic (exact) mass is 405 g/mol. The molecule has 2 aromatic heterocycles. The van der Waals surface area contributed by atoms with Gasteiger partial charge in [0.25, 0.3) is 17.4 Å². The van der Waals surface area contributed by atoms with Crippen molar-refractivity contribution < 1.29 is 9.59 Å². The van der Waals surface area contributed by atoms with Crippen molar-refractivity contribution in [3.05, 3.63) is 68.3 Å². The van der Waals surface area contributed by atoms with E-state index in [1.807, 2.05) is 0 Å². The number of rotatable bonds is 3. The van der Waals surface area contributed by atoms with Gasteiger partial charge in [0.2, 0.25) is 0 Å². The smallest absolute Gasteiger partial charge is 0.267 e. The van der Waals surface area contributed by atoms with Crippen molar-refractivity contribution in [2.24, 2.45) is 0 Å². The highest BCUT2D eigenvalue weighted by atomic mass is 35.5. The molecule has 0 unspecified atom stereocenters. The van der Waals surface area contributed by atoms with Crippen molar-refractivity contribution in [1.82, 2.24) is 25.6 Å². The number of hydrazine groups is 1. The fourth-order valence-electron chi connectivity index (χ4n) is 2.41. The van der Waals surface area contributed by atoms with E-state index in [1.165, 1.54) is 16.9 Å². The van der Waals surface area contributed by atoms with Crippen LogP contribution in [0.4, 0.5) is 0 Å². The largest absolute Gasteiger partial charge is 0.290 e. The van der Waals surface area contributed by atoms with Crippen LogP contribution < -0.4 is 16.4 Å². The number of hydrogen-bond acceptors (Lipinski definition) is 5. The summed E-state index contributed by atoms with van der Waals surface area (Å²) in [5, 5.41) is 5.00. The molecule has 2 amide bonds. The van der Waals surface area contributed by atoms with Gasteiger partial charge in [0.1, 0.15) is 5.15 Å². The Morgan fingerprint density at radius 1 is 1.11 bits per heavy atom. The molecule has 0 fully saturated rings. The topological polar surface area (TPSA) is 106 Å². The highest BCUT2D eigenvalue weighted by molar-refractivity contribution is 6.41. The first-order valence-electron chi connectivity index (χ1n) is 7.84. The molecule has 2 N–H and O–H groups in total. The molecule has 0 saturated carbocycles. The average molecular weight is 406 g/mol. The van der Waals surface area contributed by atoms with Crippen LogP contribution in [0.2, 0.25) is 10.2 Å². The molecule has 10 heteroatoms. The summed E-state index contributed by atoms with van der Waals surface area (Å²) in [4.78, 5) is 40.8. The van der Waals surface area contributed by atoms with Gasteiger partial charge in [-0.2, -0.15) is 5.10 Å². The fourth-order valence-corrected chi connectivity index (χ4v) is 2.68. The summed E-state index contributed by atoms with van der Waals surface area (Å²) >= 11 is 11.5. The van der Waals surface area contributed by atoms with E-state index in [9.17, 15) is 14.4 Å². The Morgan fingerprint density at radius 3 is 2.44 bits per heavy atom. The molecule has 8 nitrogen and oxygen atoms in total. The van der Waals surface area contributed by atoms with E-state index in [-0.39, 0.29) is 27.0 Å². The summed E-state index contributed by atoms with van der Waals surface area (Å²) in [7, 11) is 0. The zero-order chi connectivity index (χ0) is 19.6. The van der Waals surface area contributed by atoms with E-state index < -0.39 is 11.8 Å². The van der Waals surface area contributed by atoms with E-state index in [4.69, 9.17) is 23.2 Å². The van der Waals surface area contributed by atoms with E-state index in [1.54, 1.807) is 31.2 Å². The maximum atomic E-state index is 12.5. The van der Waals surface area contributed by atoms with Crippen molar-refractivity contribution >= 4 is 45.8 Å². The third kappa shape index (κ3) is 3.76. The first-order chi connectivity index (χ1) is 12.9. The van der Waals surface area contributed by atoms with Crippen LogP contribution in [0.25, 0.3) is 10.8 Å². The minimum atomic E-state index is -0.672. The van der Waals surface area contributed by atoms with E-state index in [0.29, 0.717) is 17.3 Å². The lowest BCUT2D eigenvalue weighted by Crippen LogP contribution is -2.42. The molecule has 0 radical (unpaired) electrons. The van der Waals surface area contributed by atoms with E-state index in [0.717, 1.165) is 0 Å². The number of nitrogens with zero attached hydrogens (tertiary/aromatic N) is 3. The number of nitrogens with one attached hydrogen (secondary N) is 2. The SMILES string of the molecule is CCn1nc(C(=O)NNC(=O)c2cnc(Cl)c(Cl)c2)c2ccccc2c1=O. The molecule has 0 spiro atoms. The number of aryl methyl sites for hydroxylation is 1. The van der Waals surface area contributed by atoms with E-state index >= 15 is 0 Å². The lowest BCUT2D eigenvalue weighted by molar-refractivity contribution is 0.0843. The lowest BCUT2D eigenvalue weighted by atomic mass is 10.1. The summed E-state index contributed by atoms with van der Waals surface area (Å²) in [6, 6.07) is 7.94. The minimum absolute atomic E-state index is 0.0135. The van der Waals surface area contributed by atoms with Gasteiger partial charge in [0, 0.05) is 18.1 Å². The number of carbonyl (C=O) groups excluding carboxylic acids is 2. The highest BCUT2D eigenvalue weighted by Crippen LogP contribution is 2.19. The molecule has 0 bridgehead atoms. The lowest BCUT2D eigenvalue weighted by Gasteiger charge is -2.11. The molecule has 0 aliphatic carbocycles. The first kappa shape index (κ1) is 18.8. The maximum absolute atomic E-state index is 12.5. The Labute approximate surface area is 163 Å². The second-order valence-electron chi connectivity index (χ2n) is 5.42. The molecule has 0 atom stereocenters. The molecule has 0 saturated heterocycles. The Kier molecular flexibility index (Phi) is 5.38. The number of pyridine rings is 1. The van der Waals surface area contributed by atoms with Crippen molar-refractivity contribution in [2.75, 3.05) is 0 Å². The number of benzene rings is 1. The Bertz CT molecular complexity index is 1110. The third-order valence-corrected chi connectivity index (χ3v) is 4.42. The number of aromatic nitrogens is 3. The quantitative estimate of drug-likeness (QED) is 0.513. The average Bonchev–Trinajstić information content (AvgIpc) is 2.68. The molecular weight excluding hydrogens is 393 g/mol. The second-order valence-corrected chi connectivity index (χ2v) is 6.19. The van der Waals surface area contributed by atoms with E-state index in [2.05, 4.69) is 20.9 Å². The summed E-state index contributed by atoms with van der Waals surface area (Å²) in [5.41, 5.74) is 4.36. The Morgan fingerprint density at radius 2 is 1.78 bits per heavy atom. The maximum Gasteiger partial charge on any atom is 0.290 e. The highest BCUT2D eigenvalue weighted by Gasteiger charge is 2.17. The first-order valence-corrected chi connectivity index (χ1v) is 8.59. The van der Waals surface area contributed by atoms with Gasteiger partial charge in [-0.3, -0.25) is 25.2 Å². The normalized spacial score (nSPS) is 10.6. The van der Waals surface area contributed by atoms with Gasteiger partial charge >= 0.3 is 0 Å². The summed E-state index contributed by atoms with van der Waals surface area (Å²) in [6.45, 7) is 2.04. The molecule has 3 aromatic rings. The Balaban J connectivity index is 1.86. The predicted molar refractivity (Wildman–Crippen MR) is 101 cm³/mol. The predicted octanol–water partition coefficient (Wildman–Crippen LogP) is 2.19. The summed E-state index contributed by atoms with van der Waals surface area (Å²) < 4.78 is 1.18. The van der Waals surface area contributed by atoms with Crippen LogP contribution in [0, 0.1) is 0 Å². The zero-order valence-electron chi connectivity index (χ0n) is 14.0. The van der Waals surface area contributed by atoms with Crippen LogP contribution in [0.15, 0.2) is 41.3 Å². The molecule has 138 valence electrons. The van der Waals surface area contributed by atoms with Gasteiger partial charge in [-0.05, 0) is 19.1 Å². The van der Waals surface area contributed by atoms with Crippen molar-refractivity contribution in [2.45, 2.75) is 13.5 Å². The van der Waals surface area contributed by atoms with Gasteiger partial charge in [-0.1, -0.05) is 41.4 Å². The van der Waals surface area contributed by atoms with Gasteiger partial charge < -0.3 is 0 Å². The second kappa shape index (κ2) is 7.73. The molecule has 0 aliphatic heterocycles. The summed E-state index contributed by atoms with van der Waals surface area (Å²) in [5.74, 6) is -1.31. The molecular formula is C17H13Cl2N5O3. The van der Waals surface area contributed by atoms with Crippen molar-refractivity contribution in [3.63, 3.8) is 0 Å². The van der Waals surface area contributed by atoms with Crippen LogP contribution in [-0.4, -0.2) is 26.6 Å². The van der Waals surface area contributed by atoms with Crippen LogP contribution in [-0.2, 0) is 6.54 Å². The number of fused-ring (bicyclic) bond motifs is 1. The molecule has 3 rings (SSSR count). The van der Waals surface area contributed by atoms with Crippen molar-refractivity contribution in [3.8, 4) is 0 Å². The molecule has 0 aliphatic rings. The van der Waals surface area contributed by atoms with Crippen LogP contribution in [0.5, 0.6) is 0 Å². The van der Waals surface area contributed by atoms with Crippen LogP contribution in [0.1, 0.15) is 27.8 Å².